The Kier molecular flexibility index (Phi) is 8.02. The molecule has 19 heavy (non-hydrogen) atoms. The molecule has 0 aliphatic heterocycles. The molecule has 0 heterocycles. The van der Waals surface area contributed by atoms with Crippen LogP contribution in [-0.2, 0) is 9.53 Å². The number of rotatable bonds is 8. The molecular weight excluding hydrogens is 242 g/mol. The van der Waals surface area contributed by atoms with Gasteiger partial charge >= 0.3 is 0 Å². The van der Waals surface area contributed by atoms with Gasteiger partial charge in [0, 0.05) is 32.8 Å². The number of nitrogens with two attached hydrogens (primary N) is 1. The average Bonchev–Trinajstić information content (AvgIpc) is 2.45. The van der Waals surface area contributed by atoms with E-state index in [-0.39, 0.29) is 11.9 Å². The standard InChI is InChI=1S/C14H29N3O2/c1-12(14(18)16-9-11-19-2)17(10-8-15)13-6-4-3-5-7-13/h12-13H,3-11,15H2,1-2H3,(H,16,18). The summed E-state index contributed by atoms with van der Waals surface area (Å²) in [6.45, 7) is 4.50. The van der Waals surface area contributed by atoms with Crippen LogP contribution in [0.5, 0.6) is 0 Å². The average molecular weight is 271 g/mol. The summed E-state index contributed by atoms with van der Waals surface area (Å²) in [5, 5.41) is 2.91. The lowest BCUT2D eigenvalue weighted by atomic mass is 9.93. The van der Waals surface area contributed by atoms with Crippen molar-refractivity contribution in [2.24, 2.45) is 5.73 Å². The van der Waals surface area contributed by atoms with E-state index in [0.717, 1.165) is 6.54 Å². The van der Waals surface area contributed by atoms with Crippen molar-refractivity contribution in [1.82, 2.24) is 10.2 Å². The summed E-state index contributed by atoms with van der Waals surface area (Å²) < 4.78 is 4.95. The Labute approximate surface area is 116 Å². The van der Waals surface area contributed by atoms with Gasteiger partial charge < -0.3 is 15.8 Å². The van der Waals surface area contributed by atoms with Crippen LogP contribution in [0, 0.1) is 0 Å². The molecule has 0 aromatic rings. The largest absolute Gasteiger partial charge is 0.383 e. The van der Waals surface area contributed by atoms with Gasteiger partial charge in [0.15, 0.2) is 0 Å². The van der Waals surface area contributed by atoms with Gasteiger partial charge in [0.1, 0.15) is 0 Å². The molecule has 0 aromatic carbocycles. The fourth-order valence-corrected chi connectivity index (χ4v) is 2.83. The van der Waals surface area contributed by atoms with Crippen LogP contribution in [0.2, 0.25) is 0 Å². The smallest absolute Gasteiger partial charge is 0.237 e. The molecule has 0 aromatic heterocycles. The van der Waals surface area contributed by atoms with E-state index in [9.17, 15) is 4.79 Å². The van der Waals surface area contributed by atoms with E-state index in [1.165, 1.54) is 32.1 Å². The van der Waals surface area contributed by atoms with Crippen molar-refractivity contribution in [3.8, 4) is 0 Å². The number of carbonyl (C=O) groups is 1. The third kappa shape index (κ3) is 5.47. The molecule has 0 radical (unpaired) electrons. The van der Waals surface area contributed by atoms with Gasteiger partial charge in [0.2, 0.25) is 5.91 Å². The zero-order chi connectivity index (χ0) is 14.1. The Hall–Kier alpha value is -0.650. The van der Waals surface area contributed by atoms with Crippen molar-refractivity contribution in [3.05, 3.63) is 0 Å². The first-order valence-corrected chi connectivity index (χ1v) is 7.43. The van der Waals surface area contributed by atoms with Gasteiger partial charge in [-0.3, -0.25) is 9.69 Å². The monoisotopic (exact) mass is 271 g/mol. The molecule has 1 aliphatic carbocycles. The zero-order valence-corrected chi connectivity index (χ0v) is 12.4. The molecular formula is C14H29N3O2. The number of methoxy groups -OCH3 is 1. The number of carbonyl (C=O) groups excluding carboxylic acids is 1. The first-order chi connectivity index (χ1) is 9.20. The maximum Gasteiger partial charge on any atom is 0.237 e. The molecule has 1 fully saturated rings. The Morgan fingerprint density at radius 2 is 2.11 bits per heavy atom. The van der Waals surface area contributed by atoms with Crippen molar-refractivity contribution in [2.45, 2.75) is 51.1 Å². The Balaban J connectivity index is 2.50. The van der Waals surface area contributed by atoms with Gasteiger partial charge in [0.25, 0.3) is 0 Å². The third-order valence-electron chi connectivity index (χ3n) is 3.91. The van der Waals surface area contributed by atoms with Gasteiger partial charge in [0.05, 0.1) is 12.6 Å². The van der Waals surface area contributed by atoms with Crippen LogP contribution in [0.25, 0.3) is 0 Å². The molecule has 1 atom stereocenters. The molecule has 1 amide bonds. The number of hydrogen-bond acceptors (Lipinski definition) is 4. The lowest BCUT2D eigenvalue weighted by molar-refractivity contribution is -0.127. The first kappa shape index (κ1) is 16.4. The fraction of sp³-hybridized carbons (Fsp3) is 0.929. The highest BCUT2D eigenvalue weighted by molar-refractivity contribution is 5.81. The number of amides is 1. The van der Waals surface area contributed by atoms with E-state index in [1.807, 2.05) is 6.92 Å². The van der Waals surface area contributed by atoms with Crippen LogP contribution in [0.4, 0.5) is 0 Å². The Bertz CT molecular complexity index is 255. The van der Waals surface area contributed by atoms with Gasteiger partial charge in [-0.2, -0.15) is 0 Å². The maximum atomic E-state index is 12.1. The molecule has 1 aliphatic rings. The van der Waals surface area contributed by atoms with E-state index >= 15 is 0 Å². The molecule has 5 heteroatoms. The molecule has 0 saturated heterocycles. The normalized spacial score (nSPS) is 18.5. The lowest BCUT2D eigenvalue weighted by Gasteiger charge is -2.37. The van der Waals surface area contributed by atoms with Crippen molar-refractivity contribution in [2.75, 3.05) is 33.4 Å². The van der Waals surface area contributed by atoms with E-state index < -0.39 is 0 Å². The minimum Gasteiger partial charge on any atom is -0.383 e. The summed E-state index contributed by atoms with van der Waals surface area (Å²) in [6.07, 6.45) is 6.24. The van der Waals surface area contributed by atoms with Gasteiger partial charge in [-0.25, -0.2) is 0 Å². The minimum atomic E-state index is -0.108. The van der Waals surface area contributed by atoms with Crippen LogP contribution < -0.4 is 11.1 Å². The topological polar surface area (TPSA) is 67.6 Å². The van der Waals surface area contributed by atoms with Crippen LogP contribution >= 0.6 is 0 Å². The van der Waals surface area contributed by atoms with Crippen molar-refractivity contribution in [1.29, 1.82) is 0 Å². The van der Waals surface area contributed by atoms with Gasteiger partial charge in [-0.15, -0.1) is 0 Å². The molecule has 1 unspecified atom stereocenters. The summed E-state index contributed by atoms with van der Waals surface area (Å²) in [5.41, 5.74) is 5.70. The summed E-state index contributed by atoms with van der Waals surface area (Å²) in [6, 6.07) is 0.406. The van der Waals surface area contributed by atoms with E-state index in [2.05, 4.69) is 10.2 Å². The maximum absolute atomic E-state index is 12.1. The second-order valence-corrected chi connectivity index (χ2v) is 5.28. The number of nitrogens with zero attached hydrogens (tertiary/aromatic N) is 1. The highest BCUT2D eigenvalue weighted by Crippen LogP contribution is 2.23. The second kappa shape index (κ2) is 9.28. The predicted molar refractivity (Wildman–Crippen MR) is 77.0 cm³/mol. The highest BCUT2D eigenvalue weighted by Gasteiger charge is 2.28. The number of ether oxygens (including phenoxy) is 1. The highest BCUT2D eigenvalue weighted by atomic mass is 16.5. The quantitative estimate of drug-likeness (QED) is 0.639. The van der Waals surface area contributed by atoms with E-state index in [0.29, 0.717) is 25.7 Å². The molecule has 1 saturated carbocycles. The summed E-state index contributed by atoms with van der Waals surface area (Å²) in [4.78, 5) is 14.4. The predicted octanol–water partition coefficient (Wildman–Crippen LogP) is 0.731. The second-order valence-electron chi connectivity index (χ2n) is 5.28. The van der Waals surface area contributed by atoms with Gasteiger partial charge in [-0.05, 0) is 19.8 Å². The van der Waals surface area contributed by atoms with Gasteiger partial charge in [-0.1, -0.05) is 19.3 Å². The van der Waals surface area contributed by atoms with Crippen molar-refractivity contribution in [3.63, 3.8) is 0 Å². The van der Waals surface area contributed by atoms with Crippen molar-refractivity contribution >= 4 is 5.91 Å². The lowest BCUT2D eigenvalue weighted by Crippen LogP contribution is -2.52. The molecule has 1 rings (SSSR count). The van der Waals surface area contributed by atoms with E-state index in [4.69, 9.17) is 10.5 Å². The molecule has 0 spiro atoms. The third-order valence-corrected chi connectivity index (χ3v) is 3.91. The van der Waals surface area contributed by atoms with E-state index in [1.54, 1.807) is 7.11 Å². The molecule has 3 N–H and O–H groups in total. The first-order valence-electron chi connectivity index (χ1n) is 7.43. The minimum absolute atomic E-state index is 0.0797. The van der Waals surface area contributed by atoms with Crippen LogP contribution in [-0.4, -0.2) is 56.2 Å². The SMILES string of the molecule is COCCNC(=O)C(C)N(CCN)C1CCCCC1. The summed E-state index contributed by atoms with van der Waals surface area (Å²) >= 11 is 0. The number of nitrogens with one attached hydrogen (secondary N) is 1. The number of hydrogen-bond donors (Lipinski definition) is 2. The molecule has 0 bridgehead atoms. The van der Waals surface area contributed by atoms with Crippen molar-refractivity contribution < 1.29 is 9.53 Å². The van der Waals surface area contributed by atoms with Crippen LogP contribution in [0.15, 0.2) is 0 Å². The summed E-state index contributed by atoms with van der Waals surface area (Å²) in [7, 11) is 1.64. The zero-order valence-electron chi connectivity index (χ0n) is 12.4. The van der Waals surface area contributed by atoms with Crippen LogP contribution in [0.1, 0.15) is 39.0 Å². The summed E-state index contributed by atoms with van der Waals surface area (Å²) in [5.74, 6) is 0.0797. The Morgan fingerprint density at radius 3 is 2.68 bits per heavy atom. The fourth-order valence-electron chi connectivity index (χ4n) is 2.83. The Morgan fingerprint density at radius 1 is 1.42 bits per heavy atom. The molecule has 5 nitrogen and oxygen atoms in total. The van der Waals surface area contributed by atoms with Crippen LogP contribution in [0.3, 0.4) is 0 Å². The molecule has 112 valence electrons.